The summed E-state index contributed by atoms with van der Waals surface area (Å²) in [4.78, 5) is 47.5. The Bertz CT molecular complexity index is 757. The third-order valence-corrected chi connectivity index (χ3v) is 4.65. The highest BCUT2D eigenvalue weighted by Gasteiger charge is 2.35. The van der Waals surface area contributed by atoms with Crippen LogP contribution in [0.1, 0.15) is 46.1 Å². The number of carbonyl (C=O) groups excluding carboxylic acids is 2. The van der Waals surface area contributed by atoms with E-state index >= 15 is 0 Å². The molecular formula is C20H28N2O7. The minimum Gasteiger partial charge on any atom is -0.508 e. The molecule has 0 unspecified atom stereocenters. The van der Waals surface area contributed by atoms with Gasteiger partial charge in [-0.05, 0) is 43.9 Å². The zero-order valence-corrected chi connectivity index (χ0v) is 16.9. The quantitative estimate of drug-likeness (QED) is 0.390. The maximum atomic E-state index is 12.9. The van der Waals surface area contributed by atoms with Crippen LogP contribution in [0, 0.1) is 5.92 Å². The number of rotatable bonds is 10. The van der Waals surface area contributed by atoms with Crippen molar-refractivity contribution < 1.29 is 34.5 Å². The van der Waals surface area contributed by atoms with Crippen LogP contribution in [0.15, 0.2) is 24.3 Å². The van der Waals surface area contributed by atoms with Gasteiger partial charge in [0, 0.05) is 6.42 Å². The molecule has 160 valence electrons. The number of carbonyl (C=O) groups is 4. The third kappa shape index (κ3) is 6.78. The number of nitrogens with one attached hydrogen (secondary N) is 2. The molecule has 0 spiro atoms. The Kier molecular flexibility index (Phi) is 8.17. The SMILES string of the molecule is CC(C)[C@H](NC(=O)C(C)(C)c1ccc(O)cc1)C(=O)N[C@H](CCC(=O)O)C(=O)O. The molecule has 2 atom stereocenters. The molecule has 0 saturated heterocycles. The fourth-order valence-electron chi connectivity index (χ4n) is 2.65. The maximum absolute atomic E-state index is 12.9. The highest BCUT2D eigenvalue weighted by molar-refractivity contribution is 5.94. The second-order valence-electron chi connectivity index (χ2n) is 7.70. The number of hydrogen-bond acceptors (Lipinski definition) is 5. The predicted octanol–water partition coefficient (Wildman–Crippen LogP) is 1.24. The molecule has 5 N–H and O–H groups in total. The van der Waals surface area contributed by atoms with E-state index in [0.717, 1.165) is 0 Å². The Morgan fingerprint density at radius 1 is 1.00 bits per heavy atom. The second kappa shape index (κ2) is 9.90. The molecule has 0 saturated carbocycles. The lowest BCUT2D eigenvalue weighted by Gasteiger charge is -2.29. The van der Waals surface area contributed by atoms with E-state index in [9.17, 15) is 29.4 Å². The van der Waals surface area contributed by atoms with Crippen LogP contribution in [0.25, 0.3) is 0 Å². The maximum Gasteiger partial charge on any atom is 0.326 e. The molecule has 1 rings (SSSR count). The number of hydrogen-bond donors (Lipinski definition) is 5. The van der Waals surface area contributed by atoms with E-state index in [1.165, 1.54) is 12.1 Å². The fourth-order valence-corrected chi connectivity index (χ4v) is 2.65. The summed E-state index contributed by atoms with van der Waals surface area (Å²) in [6.45, 7) is 6.73. The number of phenolic OH excluding ortho intramolecular Hbond substituents is 1. The summed E-state index contributed by atoms with van der Waals surface area (Å²) in [5.41, 5.74) is -0.392. The van der Waals surface area contributed by atoms with Gasteiger partial charge in [0.2, 0.25) is 11.8 Å². The van der Waals surface area contributed by atoms with Gasteiger partial charge in [-0.3, -0.25) is 14.4 Å². The normalized spacial score (nSPS) is 13.4. The molecule has 1 aromatic rings. The van der Waals surface area contributed by atoms with Crippen molar-refractivity contribution in [3.8, 4) is 5.75 Å². The lowest BCUT2D eigenvalue weighted by atomic mass is 9.83. The van der Waals surface area contributed by atoms with Gasteiger partial charge in [0.05, 0.1) is 5.41 Å². The molecule has 0 aliphatic rings. The van der Waals surface area contributed by atoms with Gasteiger partial charge in [-0.15, -0.1) is 0 Å². The molecule has 0 fully saturated rings. The first kappa shape index (κ1) is 23.9. The van der Waals surface area contributed by atoms with E-state index in [-0.39, 0.29) is 18.1 Å². The van der Waals surface area contributed by atoms with Gasteiger partial charge in [-0.1, -0.05) is 26.0 Å². The van der Waals surface area contributed by atoms with Crippen LogP contribution >= 0.6 is 0 Å². The van der Waals surface area contributed by atoms with Gasteiger partial charge in [0.15, 0.2) is 0 Å². The van der Waals surface area contributed by atoms with Crippen molar-refractivity contribution >= 4 is 23.8 Å². The van der Waals surface area contributed by atoms with Crippen LogP contribution in [-0.2, 0) is 24.6 Å². The van der Waals surface area contributed by atoms with Crippen molar-refractivity contribution in [3.05, 3.63) is 29.8 Å². The summed E-state index contributed by atoms with van der Waals surface area (Å²) >= 11 is 0. The van der Waals surface area contributed by atoms with Crippen LogP contribution < -0.4 is 10.6 Å². The van der Waals surface area contributed by atoms with Crippen LogP contribution in [-0.4, -0.2) is 51.2 Å². The van der Waals surface area contributed by atoms with Gasteiger partial charge in [-0.2, -0.15) is 0 Å². The molecule has 0 aliphatic heterocycles. The van der Waals surface area contributed by atoms with E-state index in [4.69, 9.17) is 5.11 Å². The lowest BCUT2D eigenvalue weighted by molar-refractivity contribution is -0.143. The third-order valence-electron chi connectivity index (χ3n) is 4.65. The Balaban J connectivity index is 2.94. The molecule has 9 heteroatoms. The number of carboxylic acids is 2. The Morgan fingerprint density at radius 3 is 2.00 bits per heavy atom. The van der Waals surface area contributed by atoms with E-state index in [1.54, 1.807) is 39.8 Å². The number of carboxylic acid groups (broad SMARTS) is 2. The summed E-state index contributed by atoms with van der Waals surface area (Å²) in [6, 6.07) is 3.73. The summed E-state index contributed by atoms with van der Waals surface area (Å²) in [7, 11) is 0. The molecule has 1 aromatic carbocycles. The molecule has 0 heterocycles. The summed E-state index contributed by atoms with van der Waals surface area (Å²) in [5, 5.41) is 32.3. The summed E-state index contributed by atoms with van der Waals surface area (Å²) in [6.07, 6.45) is -0.683. The molecule has 9 nitrogen and oxygen atoms in total. The van der Waals surface area contributed by atoms with Crippen LogP contribution in [0.3, 0.4) is 0 Å². The number of amides is 2. The van der Waals surface area contributed by atoms with Gasteiger partial charge in [-0.25, -0.2) is 4.79 Å². The first-order valence-corrected chi connectivity index (χ1v) is 9.21. The van der Waals surface area contributed by atoms with Crippen LogP contribution in [0.2, 0.25) is 0 Å². The van der Waals surface area contributed by atoms with Crippen LogP contribution in [0.5, 0.6) is 5.75 Å². The summed E-state index contributed by atoms with van der Waals surface area (Å²) in [5.74, 6) is -3.95. The molecule has 29 heavy (non-hydrogen) atoms. The van der Waals surface area contributed by atoms with E-state index < -0.39 is 47.7 Å². The standard InChI is InChI=1S/C20H28N2O7/c1-11(2)16(17(26)21-14(18(27)28)9-10-15(24)25)22-19(29)20(3,4)12-5-7-13(23)8-6-12/h5-8,11,14,16,23H,9-10H2,1-4H3,(H,21,26)(H,22,29)(H,24,25)(H,27,28)/t14-,16+/m1/s1. The van der Waals surface area contributed by atoms with E-state index in [0.29, 0.717) is 5.56 Å². The average molecular weight is 408 g/mol. The number of aromatic hydroxyl groups is 1. The number of aliphatic carboxylic acids is 2. The molecule has 2 amide bonds. The minimum atomic E-state index is -1.37. The number of benzene rings is 1. The second-order valence-corrected chi connectivity index (χ2v) is 7.70. The molecule has 0 bridgehead atoms. The predicted molar refractivity (Wildman–Crippen MR) is 104 cm³/mol. The molecule has 0 aromatic heterocycles. The minimum absolute atomic E-state index is 0.0606. The van der Waals surface area contributed by atoms with Crippen molar-refractivity contribution in [1.82, 2.24) is 10.6 Å². The Hall–Kier alpha value is -3.10. The van der Waals surface area contributed by atoms with Crippen molar-refractivity contribution in [1.29, 1.82) is 0 Å². The first-order chi connectivity index (χ1) is 13.4. The average Bonchev–Trinajstić information content (AvgIpc) is 2.62. The van der Waals surface area contributed by atoms with Crippen molar-refractivity contribution in [2.45, 2.75) is 58.0 Å². The van der Waals surface area contributed by atoms with E-state index in [2.05, 4.69) is 10.6 Å². The smallest absolute Gasteiger partial charge is 0.326 e. The number of phenols is 1. The van der Waals surface area contributed by atoms with Gasteiger partial charge in [0.1, 0.15) is 17.8 Å². The Labute approximate surface area is 169 Å². The van der Waals surface area contributed by atoms with Gasteiger partial charge in [0.25, 0.3) is 0 Å². The fraction of sp³-hybridized carbons (Fsp3) is 0.500. The van der Waals surface area contributed by atoms with Crippen molar-refractivity contribution in [3.63, 3.8) is 0 Å². The molecule has 0 aliphatic carbocycles. The zero-order chi connectivity index (χ0) is 22.4. The molecular weight excluding hydrogens is 380 g/mol. The van der Waals surface area contributed by atoms with Crippen molar-refractivity contribution in [2.24, 2.45) is 5.92 Å². The molecule has 0 radical (unpaired) electrons. The van der Waals surface area contributed by atoms with Crippen LogP contribution in [0.4, 0.5) is 0 Å². The summed E-state index contributed by atoms with van der Waals surface area (Å²) < 4.78 is 0. The highest BCUT2D eigenvalue weighted by Crippen LogP contribution is 2.25. The van der Waals surface area contributed by atoms with Crippen molar-refractivity contribution in [2.75, 3.05) is 0 Å². The monoisotopic (exact) mass is 408 g/mol. The highest BCUT2D eigenvalue weighted by atomic mass is 16.4. The van der Waals surface area contributed by atoms with Gasteiger partial charge >= 0.3 is 11.9 Å². The van der Waals surface area contributed by atoms with E-state index in [1.807, 2.05) is 0 Å². The first-order valence-electron chi connectivity index (χ1n) is 9.21. The Morgan fingerprint density at radius 2 is 1.55 bits per heavy atom. The zero-order valence-electron chi connectivity index (χ0n) is 16.9. The van der Waals surface area contributed by atoms with Gasteiger partial charge < -0.3 is 26.0 Å². The lowest BCUT2D eigenvalue weighted by Crippen LogP contribution is -2.56. The largest absolute Gasteiger partial charge is 0.508 e. The topological polar surface area (TPSA) is 153 Å².